The average molecular weight is 323 g/mol. The van der Waals surface area contributed by atoms with Gasteiger partial charge in [-0.05, 0) is 29.8 Å². The summed E-state index contributed by atoms with van der Waals surface area (Å²) in [5, 5.41) is 7.76. The van der Waals surface area contributed by atoms with E-state index in [1.54, 1.807) is 23.5 Å². The van der Waals surface area contributed by atoms with Crippen LogP contribution >= 0.6 is 34.6 Å². The molecular formula is C12H9N3O2S3. The standard InChI is InChI=1S/C12H9N3O2S3/c1-18-9-3-2-8(17-9)11(16)14-12-13-10(15-20-12)7-4-5-19-6-7/h2-6H,1H3,(H,13,14,15,16). The number of thiophene rings is 1. The molecule has 0 radical (unpaired) electrons. The lowest BCUT2D eigenvalue weighted by Gasteiger charge is -1.96. The molecule has 3 heterocycles. The SMILES string of the molecule is CSc1ccc(C(=O)Nc2nc(-c3ccsc3)ns2)o1. The Labute approximate surface area is 127 Å². The lowest BCUT2D eigenvalue weighted by atomic mass is 10.3. The largest absolute Gasteiger partial charge is 0.445 e. The number of hydrogen-bond donors (Lipinski definition) is 1. The van der Waals surface area contributed by atoms with E-state index < -0.39 is 0 Å². The summed E-state index contributed by atoms with van der Waals surface area (Å²) in [6.45, 7) is 0. The van der Waals surface area contributed by atoms with Crippen LogP contribution in [0.1, 0.15) is 10.6 Å². The number of carbonyl (C=O) groups excluding carboxylic acids is 1. The van der Waals surface area contributed by atoms with Gasteiger partial charge in [-0.15, -0.1) is 0 Å². The van der Waals surface area contributed by atoms with Gasteiger partial charge in [-0.25, -0.2) is 0 Å². The van der Waals surface area contributed by atoms with Gasteiger partial charge in [-0.2, -0.15) is 20.7 Å². The summed E-state index contributed by atoms with van der Waals surface area (Å²) in [6, 6.07) is 5.34. The molecule has 5 nitrogen and oxygen atoms in total. The Balaban J connectivity index is 1.73. The van der Waals surface area contributed by atoms with E-state index in [9.17, 15) is 4.79 Å². The Morgan fingerprint density at radius 2 is 2.30 bits per heavy atom. The molecule has 0 spiro atoms. The quantitative estimate of drug-likeness (QED) is 0.739. The predicted octanol–water partition coefficient (Wildman–Crippen LogP) is 3.83. The highest BCUT2D eigenvalue weighted by atomic mass is 32.2. The normalized spacial score (nSPS) is 10.7. The number of nitrogens with zero attached hydrogens (tertiary/aromatic N) is 2. The fraction of sp³-hybridized carbons (Fsp3) is 0.0833. The van der Waals surface area contributed by atoms with Crippen LogP contribution in [0, 0.1) is 0 Å². The summed E-state index contributed by atoms with van der Waals surface area (Å²) >= 11 is 4.17. The van der Waals surface area contributed by atoms with Crippen molar-refractivity contribution >= 4 is 45.7 Å². The second kappa shape index (κ2) is 5.78. The van der Waals surface area contributed by atoms with E-state index >= 15 is 0 Å². The Hall–Kier alpha value is -1.64. The molecule has 0 bridgehead atoms. The first-order valence-electron chi connectivity index (χ1n) is 5.58. The molecule has 0 unspecified atom stereocenters. The number of furan rings is 1. The minimum absolute atomic E-state index is 0.265. The molecule has 1 amide bonds. The molecule has 20 heavy (non-hydrogen) atoms. The predicted molar refractivity (Wildman–Crippen MR) is 81.7 cm³/mol. The van der Waals surface area contributed by atoms with Gasteiger partial charge in [0.2, 0.25) is 5.13 Å². The number of amides is 1. The molecule has 3 aromatic rings. The van der Waals surface area contributed by atoms with Crippen LogP contribution in [-0.4, -0.2) is 21.5 Å². The maximum atomic E-state index is 12.0. The number of carbonyl (C=O) groups is 1. The molecule has 102 valence electrons. The van der Waals surface area contributed by atoms with Crippen molar-refractivity contribution < 1.29 is 9.21 Å². The van der Waals surface area contributed by atoms with Crippen LogP contribution in [0.2, 0.25) is 0 Å². The first kappa shape index (κ1) is 13.3. The third-order valence-electron chi connectivity index (χ3n) is 2.43. The average Bonchev–Trinajstić information content (AvgIpc) is 3.19. The van der Waals surface area contributed by atoms with Gasteiger partial charge in [0, 0.05) is 22.5 Å². The van der Waals surface area contributed by atoms with E-state index in [2.05, 4.69) is 14.7 Å². The number of anilines is 1. The van der Waals surface area contributed by atoms with E-state index in [0.29, 0.717) is 16.0 Å². The molecular weight excluding hydrogens is 314 g/mol. The van der Waals surface area contributed by atoms with Crippen LogP contribution < -0.4 is 5.32 Å². The fourth-order valence-electron chi connectivity index (χ4n) is 1.49. The zero-order valence-electron chi connectivity index (χ0n) is 10.3. The molecule has 0 saturated heterocycles. The van der Waals surface area contributed by atoms with E-state index in [1.807, 2.05) is 23.1 Å². The van der Waals surface area contributed by atoms with Crippen LogP contribution in [0.3, 0.4) is 0 Å². The second-order valence-electron chi connectivity index (χ2n) is 3.71. The number of hydrogen-bond acceptors (Lipinski definition) is 7. The maximum Gasteiger partial charge on any atom is 0.293 e. The Kier molecular flexibility index (Phi) is 3.86. The van der Waals surface area contributed by atoms with Crippen molar-refractivity contribution in [3.8, 4) is 11.4 Å². The maximum absolute atomic E-state index is 12.0. The van der Waals surface area contributed by atoms with E-state index in [1.165, 1.54) is 11.8 Å². The number of thioether (sulfide) groups is 1. The van der Waals surface area contributed by atoms with E-state index in [4.69, 9.17) is 4.42 Å². The summed E-state index contributed by atoms with van der Waals surface area (Å²) in [6.07, 6.45) is 1.89. The van der Waals surface area contributed by atoms with Crippen molar-refractivity contribution in [2.75, 3.05) is 11.6 Å². The van der Waals surface area contributed by atoms with Crippen LogP contribution in [0.5, 0.6) is 0 Å². The third kappa shape index (κ3) is 2.77. The van der Waals surface area contributed by atoms with Gasteiger partial charge in [-0.1, -0.05) is 11.8 Å². The first-order valence-corrected chi connectivity index (χ1v) is 8.52. The second-order valence-corrected chi connectivity index (χ2v) is 6.05. The van der Waals surface area contributed by atoms with Crippen LogP contribution in [0.4, 0.5) is 5.13 Å². The van der Waals surface area contributed by atoms with Crippen molar-refractivity contribution in [3.63, 3.8) is 0 Å². The Morgan fingerprint density at radius 1 is 1.40 bits per heavy atom. The van der Waals surface area contributed by atoms with Gasteiger partial charge in [0.25, 0.3) is 5.91 Å². The van der Waals surface area contributed by atoms with E-state index in [0.717, 1.165) is 17.1 Å². The monoisotopic (exact) mass is 323 g/mol. The fourth-order valence-corrected chi connectivity index (χ4v) is 3.09. The summed E-state index contributed by atoms with van der Waals surface area (Å²) in [5.74, 6) is 0.566. The first-order chi connectivity index (χ1) is 9.76. The molecule has 0 atom stereocenters. The molecule has 0 fully saturated rings. The van der Waals surface area contributed by atoms with Gasteiger partial charge in [0.15, 0.2) is 16.7 Å². The Morgan fingerprint density at radius 3 is 3.00 bits per heavy atom. The van der Waals surface area contributed by atoms with Gasteiger partial charge < -0.3 is 4.42 Å². The minimum atomic E-state index is -0.321. The summed E-state index contributed by atoms with van der Waals surface area (Å²) < 4.78 is 9.57. The number of nitrogens with one attached hydrogen (secondary N) is 1. The molecule has 8 heteroatoms. The van der Waals surface area contributed by atoms with Crippen LogP contribution in [0.25, 0.3) is 11.4 Å². The molecule has 0 aliphatic carbocycles. The molecule has 0 aliphatic rings. The lowest BCUT2D eigenvalue weighted by Crippen LogP contribution is -2.10. The summed E-state index contributed by atoms with van der Waals surface area (Å²) in [4.78, 5) is 16.2. The van der Waals surface area contributed by atoms with Crippen LogP contribution in [-0.2, 0) is 0 Å². The van der Waals surface area contributed by atoms with Gasteiger partial charge in [0.05, 0.1) is 0 Å². The Bertz CT molecular complexity index is 718. The summed E-state index contributed by atoms with van der Waals surface area (Å²) in [7, 11) is 0. The highest BCUT2D eigenvalue weighted by Crippen LogP contribution is 2.24. The summed E-state index contributed by atoms with van der Waals surface area (Å²) in [5.41, 5.74) is 0.953. The van der Waals surface area contributed by atoms with Crippen molar-refractivity contribution in [2.24, 2.45) is 0 Å². The highest BCUT2D eigenvalue weighted by molar-refractivity contribution is 7.98. The van der Waals surface area contributed by atoms with Crippen molar-refractivity contribution in [2.45, 2.75) is 5.09 Å². The van der Waals surface area contributed by atoms with Crippen LogP contribution in [0.15, 0.2) is 38.5 Å². The number of aromatic nitrogens is 2. The number of rotatable bonds is 4. The zero-order chi connectivity index (χ0) is 13.9. The van der Waals surface area contributed by atoms with Crippen molar-refractivity contribution in [1.82, 2.24) is 9.36 Å². The van der Waals surface area contributed by atoms with Crippen molar-refractivity contribution in [3.05, 3.63) is 34.7 Å². The van der Waals surface area contributed by atoms with Crippen molar-refractivity contribution in [1.29, 1.82) is 0 Å². The topological polar surface area (TPSA) is 68.0 Å². The third-order valence-corrected chi connectivity index (χ3v) is 4.37. The molecule has 3 aromatic heterocycles. The zero-order valence-corrected chi connectivity index (χ0v) is 12.8. The molecule has 1 N–H and O–H groups in total. The lowest BCUT2D eigenvalue weighted by molar-refractivity contribution is 0.0992. The highest BCUT2D eigenvalue weighted by Gasteiger charge is 2.14. The minimum Gasteiger partial charge on any atom is -0.445 e. The van der Waals surface area contributed by atoms with Gasteiger partial charge in [-0.3, -0.25) is 10.1 Å². The van der Waals surface area contributed by atoms with Gasteiger partial charge >= 0.3 is 0 Å². The molecule has 0 aromatic carbocycles. The smallest absolute Gasteiger partial charge is 0.293 e. The molecule has 0 saturated carbocycles. The molecule has 0 aliphatic heterocycles. The van der Waals surface area contributed by atoms with Gasteiger partial charge in [0.1, 0.15) is 0 Å². The molecule has 3 rings (SSSR count). The van der Waals surface area contributed by atoms with E-state index in [-0.39, 0.29) is 11.7 Å².